The maximum atomic E-state index is 12.7. The van der Waals surface area contributed by atoms with E-state index in [4.69, 9.17) is 11.6 Å². The number of hydrogen-bond donors (Lipinski definition) is 1. The summed E-state index contributed by atoms with van der Waals surface area (Å²) in [6.07, 6.45) is 4.93. The van der Waals surface area contributed by atoms with Gasteiger partial charge in [0.15, 0.2) is 5.82 Å². The van der Waals surface area contributed by atoms with Gasteiger partial charge in [0.1, 0.15) is 0 Å². The number of nitrogens with one attached hydrogen (secondary N) is 1. The normalized spacial score (nSPS) is 14.8. The second-order valence-corrected chi connectivity index (χ2v) is 9.78. The number of benzene rings is 2. The SMILES string of the molecule is Cc1c(Cl)cccc1S(=O)(=O)Nc1ccc(-c2ccc(N3CCCCCC3)nn2)cc1. The fourth-order valence-corrected chi connectivity index (χ4v) is 5.30. The fourth-order valence-electron chi connectivity index (χ4n) is 3.75. The minimum Gasteiger partial charge on any atom is -0.355 e. The molecule has 0 radical (unpaired) electrons. The van der Waals surface area contributed by atoms with E-state index in [1.54, 1.807) is 37.3 Å². The van der Waals surface area contributed by atoms with Crippen LogP contribution in [0.2, 0.25) is 5.02 Å². The topological polar surface area (TPSA) is 75.2 Å². The molecule has 2 aromatic carbocycles. The average molecular weight is 457 g/mol. The van der Waals surface area contributed by atoms with Gasteiger partial charge in [-0.25, -0.2) is 8.42 Å². The lowest BCUT2D eigenvalue weighted by molar-refractivity contribution is 0.600. The van der Waals surface area contributed by atoms with E-state index < -0.39 is 10.0 Å². The number of halogens is 1. The Morgan fingerprint density at radius 3 is 2.26 bits per heavy atom. The Hall–Kier alpha value is -2.64. The summed E-state index contributed by atoms with van der Waals surface area (Å²) in [5.41, 5.74) is 2.61. The molecular weight excluding hydrogens is 432 g/mol. The van der Waals surface area contributed by atoms with Gasteiger partial charge in [0.05, 0.1) is 10.6 Å². The van der Waals surface area contributed by atoms with Gasteiger partial charge >= 0.3 is 0 Å². The fraction of sp³-hybridized carbons (Fsp3) is 0.304. The van der Waals surface area contributed by atoms with Gasteiger partial charge in [0.25, 0.3) is 10.0 Å². The van der Waals surface area contributed by atoms with Crippen molar-refractivity contribution in [1.29, 1.82) is 0 Å². The third-order valence-corrected chi connectivity index (χ3v) is 7.46. The molecule has 0 atom stereocenters. The Morgan fingerprint density at radius 2 is 1.61 bits per heavy atom. The van der Waals surface area contributed by atoms with Crippen LogP contribution in [0.5, 0.6) is 0 Å². The molecule has 1 aliphatic rings. The predicted octanol–water partition coefficient (Wildman–Crippen LogP) is 5.29. The molecule has 0 amide bonds. The molecule has 1 aromatic heterocycles. The van der Waals surface area contributed by atoms with Crippen molar-refractivity contribution >= 4 is 33.1 Å². The molecule has 0 saturated carbocycles. The predicted molar refractivity (Wildman–Crippen MR) is 125 cm³/mol. The third kappa shape index (κ3) is 4.99. The largest absolute Gasteiger partial charge is 0.355 e. The van der Waals surface area contributed by atoms with Gasteiger partial charge in [-0.15, -0.1) is 10.2 Å². The highest BCUT2D eigenvalue weighted by atomic mass is 35.5. The molecule has 3 aromatic rings. The standard InChI is InChI=1S/C23H25ClN4O2S/c1-17-20(24)7-6-8-22(17)31(29,30)27-19-11-9-18(10-12-19)21-13-14-23(26-25-21)28-15-4-2-3-5-16-28/h6-14,27H,2-5,15-16H2,1H3. The van der Waals surface area contributed by atoms with Crippen molar-refractivity contribution in [3.8, 4) is 11.3 Å². The quantitative estimate of drug-likeness (QED) is 0.564. The number of hydrogen-bond acceptors (Lipinski definition) is 5. The van der Waals surface area contributed by atoms with E-state index >= 15 is 0 Å². The van der Waals surface area contributed by atoms with Gasteiger partial charge < -0.3 is 4.90 Å². The molecule has 0 spiro atoms. The van der Waals surface area contributed by atoms with E-state index in [0.717, 1.165) is 30.2 Å². The molecule has 2 heterocycles. The minimum atomic E-state index is -3.73. The average Bonchev–Trinajstić information content (AvgIpc) is 3.06. The molecule has 31 heavy (non-hydrogen) atoms. The molecule has 0 aliphatic carbocycles. The smallest absolute Gasteiger partial charge is 0.262 e. The van der Waals surface area contributed by atoms with Gasteiger partial charge in [-0.3, -0.25) is 4.72 Å². The molecule has 1 aliphatic heterocycles. The maximum absolute atomic E-state index is 12.7. The van der Waals surface area contributed by atoms with Crippen LogP contribution in [0.1, 0.15) is 31.2 Å². The lowest BCUT2D eigenvalue weighted by Crippen LogP contribution is -2.25. The van der Waals surface area contributed by atoms with Crippen molar-refractivity contribution in [2.45, 2.75) is 37.5 Å². The molecule has 4 rings (SSSR count). The number of anilines is 2. The second-order valence-electron chi connectivity index (χ2n) is 7.72. The van der Waals surface area contributed by atoms with E-state index in [2.05, 4.69) is 19.8 Å². The van der Waals surface area contributed by atoms with E-state index in [1.165, 1.54) is 25.7 Å². The van der Waals surface area contributed by atoms with Gasteiger partial charge in [-0.05, 0) is 61.7 Å². The van der Waals surface area contributed by atoms with Crippen LogP contribution in [0, 0.1) is 6.92 Å². The van der Waals surface area contributed by atoms with Gasteiger partial charge in [-0.1, -0.05) is 42.6 Å². The van der Waals surface area contributed by atoms with Crippen LogP contribution in [0.25, 0.3) is 11.3 Å². The highest BCUT2D eigenvalue weighted by Gasteiger charge is 2.18. The van der Waals surface area contributed by atoms with Crippen LogP contribution in [0.3, 0.4) is 0 Å². The highest BCUT2D eigenvalue weighted by Crippen LogP contribution is 2.26. The summed E-state index contributed by atoms with van der Waals surface area (Å²) in [5, 5.41) is 9.21. The van der Waals surface area contributed by atoms with Gasteiger partial charge in [-0.2, -0.15) is 0 Å². The van der Waals surface area contributed by atoms with Crippen molar-refractivity contribution in [3.63, 3.8) is 0 Å². The zero-order valence-corrected chi connectivity index (χ0v) is 19.0. The number of sulfonamides is 1. The van der Waals surface area contributed by atoms with Crippen molar-refractivity contribution < 1.29 is 8.42 Å². The molecule has 1 N–H and O–H groups in total. The van der Waals surface area contributed by atoms with Crippen molar-refractivity contribution in [3.05, 3.63) is 65.2 Å². The Bertz CT molecular complexity index is 1140. The summed E-state index contributed by atoms with van der Waals surface area (Å²) >= 11 is 6.07. The summed E-state index contributed by atoms with van der Waals surface area (Å²) < 4.78 is 28.1. The molecule has 162 valence electrons. The van der Waals surface area contributed by atoms with Crippen molar-refractivity contribution in [2.24, 2.45) is 0 Å². The number of aromatic nitrogens is 2. The van der Waals surface area contributed by atoms with Gasteiger partial charge in [0, 0.05) is 29.4 Å². The van der Waals surface area contributed by atoms with Gasteiger partial charge in [0.2, 0.25) is 0 Å². The van der Waals surface area contributed by atoms with E-state index in [9.17, 15) is 8.42 Å². The molecular formula is C23H25ClN4O2S. The molecule has 6 nitrogen and oxygen atoms in total. The summed E-state index contributed by atoms with van der Waals surface area (Å²) in [7, 11) is -3.73. The van der Waals surface area contributed by atoms with Crippen LogP contribution < -0.4 is 9.62 Å². The summed E-state index contributed by atoms with van der Waals surface area (Å²) in [4.78, 5) is 2.46. The summed E-state index contributed by atoms with van der Waals surface area (Å²) in [6, 6.07) is 15.9. The Kier molecular flexibility index (Phi) is 6.43. The molecule has 0 unspecified atom stereocenters. The Morgan fingerprint density at radius 1 is 0.903 bits per heavy atom. The second kappa shape index (κ2) is 9.24. The third-order valence-electron chi connectivity index (χ3n) is 5.52. The van der Waals surface area contributed by atoms with Crippen LogP contribution >= 0.6 is 11.6 Å². The monoisotopic (exact) mass is 456 g/mol. The maximum Gasteiger partial charge on any atom is 0.262 e. The first-order valence-electron chi connectivity index (χ1n) is 10.4. The first-order chi connectivity index (χ1) is 14.9. The number of nitrogens with zero attached hydrogens (tertiary/aromatic N) is 3. The molecule has 1 fully saturated rings. The first kappa shape index (κ1) is 21.6. The van der Waals surface area contributed by atoms with Crippen molar-refractivity contribution in [1.82, 2.24) is 10.2 Å². The number of rotatable bonds is 5. The summed E-state index contributed by atoms with van der Waals surface area (Å²) in [5.74, 6) is 0.909. The van der Waals surface area contributed by atoms with Crippen LogP contribution in [-0.2, 0) is 10.0 Å². The first-order valence-corrected chi connectivity index (χ1v) is 12.3. The lowest BCUT2D eigenvalue weighted by Gasteiger charge is -2.20. The Labute approximate surface area is 188 Å². The van der Waals surface area contributed by atoms with Crippen LogP contribution in [0.4, 0.5) is 11.5 Å². The molecule has 0 bridgehead atoms. The van der Waals surface area contributed by atoms with Crippen LogP contribution in [-0.4, -0.2) is 31.7 Å². The highest BCUT2D eigenvalue weighted by molar-refractivity contribution is 7.92. The van der Waals surface area contributed by atoms with E-state index in [1.807, 2.05) is 24.3 Å². The van der Waals surface area contributed by atoms with E-state index in [0.29, 0.717) is 16.3 Å². The van der Waals surface area contributed by atoms with Crippen molar-refractivity contribution in [2.75, 3.05) is 22.7 Å². The molecule has 1 saturated heterocycles. The lowest BCUT2D eigenvalue weighted by atomic mass is 10.1. The Balaban J connectivity index is 1.48. The van der Waals surface area contributed by atoms with Crippen LogP contribution in [0.15, 0.2) is 59.5 Å². The summed E-state index contributed by atoms with van der Waals surface area (Å²) in [6.45, 7) is 3.73. The minimum absolute atomic E-state index is 0.166. The zero-order valence-electron chi connectivity index (χ0n) is 17.4. The zero-order chi connectivity index (χ0) is 21.8. The molecule has 8 heteroatoms. The van der Waals surface area contributed by atoms with E-state index in [-0.39, 0.29) is 4.90 Å².